The molecule has 548 valence electrons. The van der Waals surface area contributed by atoms with Crippen molar-refractivity contribution in [3.05, 3.63) is 129 Å². The summed E-state index contributed by atoms with van der Waals surface area (Å²) in [5.41, 5.74) is -2.11. The van der Waals surface area contributed by atoms with Crippen LogP contribution in [0.3, 0.4) is 0 Å². The highest BCUT2D eigenvalue weighted by Gasteiger charge is 2.55. The minimum Gasteiger partial charge on any atom is -0.507 e. The molecule has 0 radical (unpaired) electrons. The van der Waals surface area contributed by atoms with E-state index in [4.69, 9.17) is 37.9 Å². The highest BCUT2D eigenvalue weighted by Crippen LogP contribution is 2.53. The number of fused-ring (bicyclic) bond motifs is 6. The van der Waals surface area contributed by atoms with Gasteiger partial charge in [0.25, 0.3) is 11.8 Å². The third kappa shape index (κ3) is 17.0. The lowest BCUT2D eigenvalue weighted by Crippen LogP contribution is -2.55. The number of rotatable bonds is 26. The molecule has 5 heterocycles. The first-order valence-corrected chi connectivity index (χ1v) is 34.0. The van der Waals surface area contributed by atoms with Gasteiger partial charge < -0.3 is 89.6 Å². The Hall–Kier alpha value is -10.2. The van der Waals surface area contributed by atoms with Crippen molar-refractivity contribution in [3.63, 3.8) is 0 Å². The van der Waals surface area contributed by atoms with Gasteiger partial charge in [0.15, 0.2) is 31.2 Å². The number of hydrogen-bond donors (Lipinski definition) is 9. The zero-order chi connectivity index (χ0) is 73.2. The van der Waals surface area contributed by atoms with Crippen molar-refractivity contribution in [2.45, 2.75) is 126 Å². The maximum Gasteiger partial charge on any atom is 0.410 e. The van der Waals surface area contributed by atoms with E-state index in [1.54, 1.807) is 67.6 Å². The van der Waals surface area contributed by atoms with Crippen molar-refractivity contribution in [1.29, 1.82) is 5.41 Å². The number of morpholine rings is 1. The molecule has 103 heavy (non-hydrogen) atoms. The number of hydrogen-bond acceptors (Lipinski definition) is 24. The molecule has 32 heteroatoms. The predicted molar refractivity (Wildman–Crippen MR) is 359 cm³/mol. The first-order valence-electron chi connectivity index (χ1n) is 34.0. The molecule has 11 rings (SSSR count). The van der Waals surface area contributed by atoms with E-state index >= 15 is 0 Å². The molecule has 7 aliphatic rings. The molecule has 4 fully saturated rings. The normalized spacial score (nSPS) is 23.0. The molecule has 0 saturated carbocycles. The molecule has 0 bridgehead atoms. The average molecular weight is 1430 g/mol. The van der Waals surface area contributed by atoms with Gasteiger partial charge in [0, 0.05) is 119 Å². The van der Waals surface area contributed by atoms with Gasteiger partial charge in [0.05, 0.1) is 68.0 Å². The summed E-state index contributed by atoms with van der Waals surface area (Å²) in [6.45, 7) is 0.631. The van der Waals surface area contributed by atoms with Crippen molar-refractivity contribution in [2.24, 2.45) is 0 Å². The summed E-state index contributed by atoms with van der Waals surface area (Å²) < 4.78 is 47.4. The third-order valence-electron chi connectivity index (χ3n) is 19.1. The maximum atomic E-state index is 14.4. The lowest BCUT2D eigenvalue weighted by atomic mass is 9.71. The van der Waals surface area contributed by atoms with Crippen LogP contribution in [0.5, 0.6) is 17.2 Å². The van der Waals surface area contributed by atoms with Crippen molar-refractivity contribution in [3.8, 4) is 17.2 Å². The van der Waals surface area contributed by atoms with Crippen molar-refractivity contribution < 1.29 is 106 Å². The van der Waals surface area contributed by atoms with Crippen molar-refractivity contribution >= 4 is 76.5 Å². The molecule has 9 N–H and O–H groups in total. The number of nitrogens with one attached hydrogen (secondary N) is 6. The second-order valence-corrected chi connectivity index (χ2v) is 25.9. The standard InChI is InChI=1S/C71H82N10O22/c1-39-65-46(80-28-29-98-68(97-3)67(80)103-65)31-56(101-39)102-48-33-71(95,32-44-58(48)64(91)59-60(63(44)90)62(89)43-14-10-15-47(96-2)57(43)61(59)72)49(82)38-100-70(94)79-24-11-23-78(26-27-79)69(93)99-37-41-17-19-42(20-18-41)76-52(85)36-75-66(92)45(30-40-12-6-4-7-13-40)77-53(86)35-74-51(84)34-73-50(83)16-8-5-9-25-81-54(87)21-22-55(81)88/h4,6-7,10,12-15,17-22,39,45-46,48,56,65,67-68,72,90-91,95H,5,8-9,11,16,23-38H2,1-3H3,(H,73,83)(H,74,84)(H,75,92)(H,76,85)(H,77,86)/t39-,45-,46-,48-,56-,65+,67+,68-,71-/m0/s1. The second kappa shape index (κ2) is 32.8. The number of carbonyl (C=O) groups excluding carboxylic acids is 11. The van der Waals surface area contributed by atoms with Crippen LogP contribution in [0.15, 0.2) is 84.9 Å². The van der Waals surface area contributed by atoms with E-state index < -0.39 is 158 Å². The van der Waals surface area contributed by atoms with Crippen molar-refractivity contribution in [2.75, 3.05) is 91.7 Å². The number of Topliss-reactive ketones (excluding diaryl/α,β-unsaturated/α-hetero) is 1. The van der Waals surface area contributed by atoms with E-state index in [0.29, 0.717) is 49.2 Å². The number of ketones is 2. The van der Waals surface area contributed by atoms with Gasteiger partial charge in [-0.3, -0.25) is 58.4 Å². The van der Waals surface area contributed by atoms with Crippen LogP contribution < -0.4 is 31.3 Å². The predicted octanol–water partition coefficient (Wildman–Crippen LogP) is 1.89. The fraction of sp³-hybridized carbons (Fsp3) is 0.465. The van der Waals surface area contributed by atoms with Gasteiger partial charge in [-0.2, -0.15) is 0 Å². The van der Waals surface area contributed by atoms with Gasteiger partial charge >= 0.3 is 12.2 Å². The van der Waals surface area contributed by atoms with E-state index in [0.717, 1.165) is 4.90 Å². The fourth-order valence-electron chi connectivity index (χ4n) is 13.8. The number of anilines is 1. The van der Waals surface area contributed by atoms with Gasteiger partial charge in [-0.15, -0.1) is 0 Å². The Labute approximate surface area is 591 Å². The zero-order valence-corrected chi connectivity index (χ0v) is 56.9. The largest absolute Gasteiger partial charge is 0.507 e. The smallest absolute Gasteiger partial charge is 0.410 e. The number of nitrogens with zero attached hydrogens (tertiary/aromatic N) is 4. The number of ether oxygens (including phenoxy) is 8. The number of imide groups is 1. The summed E-state index contributed by atoms with van der Waals surface area (Å²) in [5.74, 6) is -6.69. The van der Waals surface area contributed by atoms with Crippen LogP contribution in [0.1, 0.15) is 107 Å². The Morgan fingerprint density at radius 2 is 1.43 bits per heavy atom. The molecule has 2 aliphatic carbocycles. The van der Waals surface area contributed by atoms with E-state index in [1.807, 2.05) is 0 Å². The van der Waals surface area contributed by atoms with Gasteiger partial charge in [0.2, 0.25) is 35.3 Å². The number of unbranched alkanes of at least 4 members (excludes halogenated alkanes) is 2. The molecule has 9 amide bonds. The number of aromatic hydroxyl groups is 2. The van der Waals surface area contributed by atoms with Gasteiger partial charge in [-0.05, 0) is 55.5 Å². The highest BCUT2D eigenvalue weighted by atomic mass is 16.7. The zero-order valence-electron chi connectivity index (χ0n) is 56.9. The number of aliphatic hydroxyl groups is 1. The molecular formula is C71H82N10O22. The molecule has 0 unspecified atom stereocenters. The lowest BCUT2D eigenvalue weighted by Gasteiger charge is -2.43. The Balaban J connectivity index is 0.635. The number of benzene rings is 4. The van der Waals surface area contributed by atoms with Crippen LogP contribution in [0.25, 0.3) is 0 Å². The number of phenolic OH excluding ortho intramolecular Hbond substituents is 2. The molecule has 32 nitrogen and oxygen atoms in total. The monoisotopic (exact) mass is 1430 g/mol. The molecular weight excluding hydrogens is 1340 g/mol. The minimum atomic E-state index is -2.45. The van der Waals surface area contributed by atoms with Crippen LogP contribution in [0.2, 0.25) is 0 Å². The van der Waals surface area contributed by atoms with Crippen LogP contribution in [0.4, 0.5) is 15.3 Å². The van der Waals surface area contributed by atoms with Crippen molar-refractivity contribution in [1.82, 2.24) is 40.9 Å². The highest BCUT2D eigenvalue weighted by molar-refractivity contribution is 6.32. The number of carbonyl (C=O) groups is 11. The van der Waals surface area contributed by atoms with Gasteiger partial charge in [0.1, 0.15) is 41.6 Å². The van der Waals surface area contributed by atoms with Crippen LogP contribution >= 0.6 is 0 Å². The minimum absolute atomic E-state index is 0.0102. The van der Waals surface area contributed by atoms with E-state index in [-0.39, 0.29) is 122 Å². The first kappa shape index (κ1) is 74.0. The van der Waals surface area contributed by atoms with Crippen LogP contribution in [-0.2, 0) is 91.0 Å². The van der Waals surface area contributed by atoms with E-state index in [1.165, 1.54) is 48.3 Å². The summed E-state index contributed by atoms with van der Waals surface area (Å²) >= 11 is 0. The number of amides is 9. The summed E-state index contributed by atoms with van der Waals surface area (Å²) in [5, 5.41) is 59.0. The maximum absolute atomic E-state index is 14.4. The molecule has 4 aromatic carbocycles. The molecule has 0 spiro atoms. The summed E-state index contributed by atoms with van der Waals surface area (Å²) in [4.78, 5) is 150. The van der Waals surface area contributed by atoms with Gasteiger partial charge in [-0.1, -0.05) is 61.0 Å². The lowest BCUT2D eigenvalue weighted by molar-refractivity contribution is -0.256. The summed E-state index contributed by atoms with van der Waals surface area (Å²) in [7, 11) is 2.88. The average Bonchev–Trinajstić information content (AvgIpc) is 1.26. The Morgan fingerprint density at radius 3 is 2.15 bits per heavy atom. The van der Waals surface area contributed by atoms with E-state index in [2.05, 4.69) is 31.5 Å². The number of phenols is 2. The number of methoxy groups -OCH3 is 2. The topological polar surface area (TPSA) is 419 Å². The Bertz CT molecular complexity index is 3970. The molecule has 5 aliphatic heterocycles. The Kier molecular flexibility index (Phi) is 23.6. The van der Waals surface area contributed by atoms with Crippen LogP contribution in [-0.4, -0.2) is 241 Å². The Morgan fingerprint density at radius 1 is 0.728 bits per heavy atom. The molecule has 0 aromatic heterocycles. The van der Waals surface area contributed by atoms with Gasteiger partial charge in [-0.25, -0.2) is 9.59 Å². The first-order chi connectivity index (χ1) is 49.5. The SMILES string of the molecule is COc1cccc2c1C(=N)c1c(O)c3c(c(O)c1C2=O)C[C@@](O)(C(=O)COC(=O)N1CCCN(C(=O)OCc2ccc(NC(=O)CNC(=O)[C@H](Cc4ccccc4)NC(=O)CNC(=O)CNC(=O)CCCCCN4C(=O)C=CC4=O)cc2)CC1)C[C@@H]3O[C@H]1C[C@H]2[C@H](O[C@@H]3[C@@H](OC)OCCN32)[C@H](C)O1. The third-order valence-corrected chi connectivity index (χ3v) is 19.1. The molecule has 4 saturated heterocycles. The quantitative estimate of drug-likeness (QED) is 0.0217. The molecule has 4 aromatic rings. The molecule has 9 atom stereocenters. The summed E-state index contributed by atoms with van der Waals surface area (Å²) in [6.07, 6.45) is -2.97. The van der Waals surface area contributed by atoms with E-state index in [9.17, 15) is 73.5 Å². The fourth-order valence-corrected chi connectivity index (χ4v) is 13.8. The van der Waals surface area contributed by atoms with Crippen LogP contribution in [0, 0.1) is 5.41 Å². The summed E-state index contributed by atoms with van der Waals surface area (Å²) in [6, 6.07) is 18.2. The second-order valence-electron chi connectivity index (χ2n) is 25.9.